The van der Waals surface area contributed by atoms with Crippen LogP contribution >= 0.6 is 0 Å². The predicted octanol–water partition coefficient (Wildman–Crippen LogP) is 4.60. The maximum absolute atomic E-state index is 12.9. The third kappa shape index (κ3) is 4.14. The molecule has 0 saturated carbocycles. The molecule has 1 fully saturated rings. The molecule has 1 aliphatic rings. The summed E-state index contributed by atoms with van der Waals surface area (Å²) in [4.78, 5) is 19.4. The van der Waals surface area contributed by atoms with Gasteiger partial charge in [-0.2, -0.15) is 5.10 Å². The molecule has 5 rings (SSSR count). The minimum absolute atomic E-state index is 0.000917. The summed E-state index contributed by atoms with van der Waals surface area (Å²) in [6, 6.07) is 19.7. The molecule has 3 heterocycles. The van der Waals surface area contributed by atoms with Gasteiger partial charge in [-0.15, -0.1) is 0 Å². The van der Waals surface area contributed by atoms with Crippen molar-refractivity contribution >= 4 is 11.6 Å². The van der Waals surface area contributed by atoms with Crippen LogP contribution in [-0.4, -0.2) is 38.5 Å². The van der Waals surface area contributed by atoms with Gasteiger partial charge in [-0.1, -0.05) is 42.5 Å². The van der Waals surface area contributed by atoms with Crippen molar-refractivity contribution in [1.29, 1.82) is 0 Å². The minimum atomic E-state index is -0.000917. The first-order valence-electron chi connectivity index (χ1n) is 10.7. The van der Waals surface area contributed by atoms with Gasteiger partial charge in [0.2, 0.25) is 0 Å². The Morgan fingerprint density at radius 2 is 1.71 bits per heavy atom. The second kappa shape index (κ2) is 8.60. The second-order valence-electron chi connectivity index (χ2n) is 7.79. The Hall–Kier alpha value is -3.67. The average molecular weight is 412 g/mol. The lowest BCUT2D eigenvalue weighted by Crippen LogP contribution is -2.36. The maximum atomic E-state index is 12.9. The van der Waals surface area contributed by atoms with E-state index < -0.39 is 0 Å². The number of hydrogen-bond acceptors (Lipinski definition) is 4. The van der Waals surface area contributed by atoms with Crippen LogP contribution in [0.5, 0.6) is 5.75 Å². The number of aromatic nitrogens is 3. The van der Waals surface area contributed by atoms with Gasteiger partial charge in [0.15, 0.2) is 5.65 Å². The van der Waals surface area contributed by atoms with Crippen molar-refractivity contribution in [2.45, 2.75) is 25.9 Å². The normalized spacial score (nSPS) is 14.0. The van der Waals surface area contributed by atoms with Gasteiger partial charge in [-0.05, 0) is 48.6 Å². The summed E-state index contributed by atoms with van der Waals surface area (Å²) in [6.07, 6.45) is 6.90. The van der Waals surface area contributed by atoms with Gasteiger partial charge >= 0.3 is 0 Å². The molecule has 1 amide bonds. The molecule has 0 radical (unpaired) electrons. The first-order valence-corrected chi connectivity index (χ1v) is 10.7. The standard InChI is InChI=1S/C25H24N4O2/c30-25(28-14-5-2-6-15-28)23-13-16-29-24(27-23)22(17-26-29)20-9-11-21(12-10-20)31-18-19-7-3-1-4-8-19/h1,3-4,7-13,16-17H,2,5-6,14-15,18H2. The minimum Gasteiger partial charge on any atom is -0.489 e. The predicted molar refractivity (Wildman–Crippen MR) is 119 cm³/mol. The molecule has 6 nitrogen and oxygen atoms in total. The highest BCUT2D eigenvalue weighted by Crippen LogP contribution is 2.26. The van der Waals surface area contributed by atoms with E-state index in [9.17, 15) is 4.79 Å². The van der Waals surface area contributed by atoms with E-state index in [1.54, 1.807) is 23.0 Å². The van der Waals surface area contributed by atoms with E-state index in [0.717, 1.165) is 48.4 Å². The summed E-state index contributed by atoms with van der Waals surface area (Å²) >= 11 is 0. The molecule has 0 N–H and O–H groups in total. The highest BCUT2D eigenvalue weighted by Gasteiger charge is 2.20. The molecule has 4 aromatic rings. The molecule has 1 saturated heterocycles. The van der Waals surface area contributed by atoms with Crippen molar-refractivity contribution in [3.05, 3.63) is 84.3 Å². The van der Waals surface area contributed by atoms with Gasteiger partial charge in [0.25, 0.3) is 5.91 Å². The first kappa shape index (κ1) is 19.3. The highest BCUT2D eigenvalue weighted by molar-refractivity contribution is 5.93. The zero-order chi connectivity index (χ0) is 21.0. The second-order valence-corrected chi connectivity index (χ2v) is 7.79. The number of carbonyl (C=O) groups excluding carboxylic acids is 1. The van der Waals surface area contributed by atoms with Crippen LogP contribution in [-0.2, 0) is 6.61 Å². The summed E-state index contributed by atoms with van der Waals surface area (Å²) < 4.78 is 7.59. The number of benzene rings is 2. The van der Waals surface area contributed by atoms with Crippen LogP contribution in [0.25, 0.3) is 16.8 Å². The van der Waals surface area contributed by atoms with Crippen LogP contribution in [0, 0.1) is 0 Å². The average Bonchev–Trinajstić information content (AvgIpc) is 3.27. The largest absolute Gasteiger partial charge is 0.489 e. The fraction of sp³-hybridized carbons (Fsp3) is 0.240. The van der Waals surface area contributed by atoms with Crippen molar-refractivity contribution in [3.63, 3.8) is 0 Å². The number of hydrogen-bond donors (Lipinski definition) is 0. The number of nitrogens with zero attached hydrogens (tertiary/aromatic N) is 4. The molecule has 0 atom stereocenters. The SMILES string of the molecule is O=C(c1ccn2ncc(-c3ccc(OCc4ccccc4)cc3)c2n1)N1CCCCC1. The fourth-order valence-corrected chi connectivity index (χ4v) is 3.92. The van der Waals surface area contributed by atoms with Gasteiger partial charge in [-0.3, -0.25) is 4.79 Å². The van der Waals surface area contributed by atoms with Gasteiger partial charge in [0.05, 0.1) is 6.20 Å². The quantitative estimate of drug-likeness (QED) is 0.481. The molecule has 0 spiro atoms. The van der Waals surface area contributed by atoms with E-state index in [1.807, 2.05) is 59.5 Å². The van der Waals surface area contributed by atoms with Gasteiger partial charge in [-0.25, -0.2) is 9.50 Å². The van der Waals surface area contributed by atoms with Gasteiger partial charge < -0.3 is 9.64 Å². The summed E-state index contributed by atoms with van der Waals surface area (Å²) in [7, 11) is 0. The Kier molecular flexibility index (Phi) is 5.35. The van der Waals surface area contributed by atoms with Crippen molar-refractivity contribution in [2.75, 3.05) is 13.1 Å². The fourth-order valence-electron chi connectivity index (χ4n) is 3.92. The number of rotatable bonds is 5. The Labute approximate surface area is 181 Å². The van der Waals surface area contributed by atoms with E-state index in [1.165, 1.54) is 6.42 Å². The number of amides is 1. The van der Waals surface area contributed by atoms with Crippen LogP contribution in [0.4, 0.5) is 0 Å². The van der Waals surface area contributed by atoms with Crippen LogP contribution in [0.3, 0.4) is 0 Å². The zero-order valence-corrected chi connectivity index (χ0v) is 17.3. The zero-order valence-electron chi connectivity index (χ0n) is 17.3. The van der Waals surface area contributed by atoms with Crippen LogP contribution in [0.15, 0.2) is 73.1 Å². The molecule has 0 bridgehead atoms. The topological polar surface area (TPSA) is 59.7 Å². The number of likely N-dealkylation sites (tertiary alicyclic amines) is 1. The Bertz CT molecular complexity index is 1180. The van der Waals surface area contributed by atoms with Crippen LogP contribution in [0.1, 0.15) is 35.3 Å². The molecule has 2 aromatic carbocycles. The third-order valence-corrected chi connectivity index (χ3v) is 5.65. The van der Waals surface area contributed by atoms with Gasteiger partial charge in [0.1, 0.15) is 18.1 Å². The lowest BCUT2D eigenvalue weighted by Gasteiger charge is -2.26. The molecule has 6 heteroatoms. The Morgan fingerprint density at radius 1 is 0.935 bits per heavy atom. The summed E-state index contributed by atoms with van der Waals surface area (Å²) in [6.45, 7) is 2.14. The van der Waals surface area contributed by atoms with Crippen LogP contribution < -0.4 is 4.74 Å². The smallest absolute Gasteiger partial charge is 0.272 e. The first-order chi connectivity index (χ1) is 15.3. The van der Waals surface area contributed by atoms with E-state index >= 15 is 0 Å². The molecule has 0 aliphatic carbocycles. The number of fused-ring (bicyclic) bond motifs is 1. The van der Waals surface area contributed by atoms with E-state index in [2.05, 4.69) is 10.1 Å². The molecule has 156 valence electrons. The van der Waals surface area contributed by atoms with Crippen molar-refractivity contribution in [3.8, 4) is 16.9 Å². The maximum Gasteiger partial charge on any atom is 0.272 e. The van der Waals surface area contributed by atoms with Crippen molar-refractivity contribution < 1.29 is 9.53 Å². The van der Waals surface area contributed by atoms with Crippen LogP contribution in [0.2, 0.25) is 0 Å². The third-order valence-electron chi connectivity index (χ3n) is 5.65. The lowest BCUT2D eigenvalue weighted by molar-refractivity contribution is 0.0718. The monoisotopic (exact) mass is 412 g/mol. The lowest BCUT2D eigenvalue weighted by atomic mass is 10.1. The van der Waals surface area contributed by atoms with Crippen molar-refractivity contribution in [2.24, 2.45) is 0 Å². The number of piperidine rings is 1. The summed E-state index contributed by atoms with van der Waals surface area (Å²) in [5.41, 5.74) is 4.16. The summed E-state index contributed by atoms with van der Waals surface area (Å²) in [5.74, 6) is 0.803. The molecule has 2 aromatic heterocycles. The van der Waals surface area contributed by atoms with E-state index in [0.29, 0.717) is 17.9 Å². The molecule has 0 unspecified atom stereocenters. The number of ether oxygens (including phenoxy) is 1. The van der Waals surface area contributed by atoms with E-state index in [4.69, 9.17) is 4.74 Å². The Balaban J connectivity index is 1.36. The molecular formula is C25H24N4O2. The van der Waals surface area contributed by atoms with Crippen molar-refractivity contribution in [1.82, 2.24) is 19.5 Å². The number of carbonyl (C=O) groups is 1. The Morgan fingerprint density at radius 3 is 2.48 bits per heavy atom. The van der Waals surface area contributed by atoms with Gasteiger partial charge in [0, 0.05) is 24.8 Å². The molecular weight excluding hydrogens is 388 g/mol. The molecule has 31 heavy (non-hydrogen) atoms. The highest BCUT2D eigenvalue weighted by atomic mass is 16.5. The summed E-state index contributed by atoms with van der Waals surface area (Å²) in [5, 5.41) is 4.40. The molecule has 1 aliphatic heterocycles. The van der Waals surface area contributed by atoms with E-state index in [-0.39, 0.29) is 5.91 Å².